The zero-order valence-electron chi connectivity index (χ0n) is 15.4. The quantitative estimate of drug-likeness (QED) is 0.606. The summed E-state index contributed by atoms with van der Waals surface area (Å²) in [4.78, 5) is 6.64. The van der Waals surface area contributed by atoms with Gasteiger partial charge in [0.1, 0.15) is 5.75 Å². The number of methoxy groups -OCH3 is 1. The molecule has 0 spiro atoms. The minimum Gasteiger partial charge on any atom is -0.497 e. The largest absolute Gasteiger partial charge is 0.497 e. The number of nitrogens with zero attached hydrogens (tertiary/aromatic N) is 3. The normalized spacial score (nSPS) is 10.6. The van der Waals surface area contributed by atoms with E-state index in [0.717, 1.165) is 25.3 Å². The lowest BCUT2D eigenvalue weighted by Crippen LogP contribution is -2.26. The SMILES string of the molecule is COc1ccc(CCN(Cc2ccccc2)Cc2noc(CN)n2)cc1.Cl. The smallest absolute Gasteiger partial charge is 0.240 e. The van der Waals surface area contributed by atoms with Gasteiger partial charge in [0.25, 0.3) is 0 Å². The number of halogens is 1. The van der Waals surface area contributed by atoms with Gasteiger partial charge >= 0.3 is 0 Å². The second-order valence-electron chi connectivity index (χ2n) is 6.10. The van der Waals surface area contributed by atoms with E-state index < -0.39 is 0 Å². The molecule has 0 saturated carbocycles. The van der Waals surface area contributed by atoms with Crippen molar-refractivity contribution in [2.24, 2.45) is 5.73 Å². The highest BCUT2D eigenvalue weighted by Crippen LogP contribution is 2.14. The predicted octanol–water partition coefficient (Wildman–Crippen LogP) is 3.20. The Morgan fingerprint density at radius 1 is 1.00 bits per heavy atom. The third kappa shape index (κ3) is 6.36. The average Bonchev–Trinajstić information content (AvgIpc) is 3.15. The Morgan fingerprint density at radius 2 is 1.74 bits per heavy atom. The first-order valence-corrected chi connectivity index (χ1v) is 8.67. The molecule has 0 aliphatic heterocycles. The van der Waals surface area contributed by atoms with Crippen molar-refractivity contribution in [3.8, 4) is 5.75 Å². The standard InChI is InChI=1S/C20H24N4O2.ClH/c1-25-18-9-7-16(8-10-18)11-12-24(14-17-5-3-2-4-6-17)15-19-22-20(13-21)26-23-19;/h2-10H,11-15,21H2,1H3;1H. The van der Waals surface area contributed by atoms with Crippen LogP contribution in [0.4, 0.5) is 0 Å². The van der Waals surface area contributed by atoms with Gasteiger partial charge in [-0.3, -0.25) is 4.90 Å². The van der Waals surface area contributed by atoms with Crippen LogP contribution in [0.15, 0.2) is 59.1 Å². The van der Waals surface area contributed by atoms with Crippen LogP contribution in [0.25, 0.3) is 0 Å². The molecule has 27 heavy (non-hydrogen) atoms. The van der Waals surface area contributed by atoms with Gasteiger partial charge < -0.3 is 15.0 Å². The first-order valence-electron chi connectivity index (χ1n) is 8.67. The molecule has 0 atom stereocenters. The Morgan fingerprint density at radius 3 is 2.37 bits per heavy atom. The fourth-order valence-corrected chi connectivity index (χ4v) is 2.77. The van der Waals surface area contributed by atoms with Crippen molar-refractivity contribution in [2.75, 3.05) is 13.7 Å². The Bertz CT molecular complexity index is 793. The Balaban J connectivity index is 0.00000261. The van der Waals surface area contributed by atoms with Crippen molar-refractivity contribution in [1.82, 2.24) is 15.0 Å². The zero-order chi connectivity index (χ0) is 18.2. The van der Waals surface area contributed by atoms with E-state index in [4.69, 9.17) is 15.0 Å². The maximum Gasteiger partial charge on any atom is 0.240 e. The Labute approximate surface area is 165 Å². The van der Waals surface area contributed by atoms with Gasteiger partial charge in [0.05, 0.1) is 20.2 Å². The Kier molecular flexibility index (Phi) is 8.26. The summed E-state index contributed by atoms with van der Waals surface area (Å²) in [5.41, 5.74) is 8.07. The zero-order valence-corrected chi connectivity index (χ0v) is 16.2. The van der Waals surface area contributed by atoms with Crippen molar-refractivity contribution in [3.63, 3.8) is 0 Å². The van der Waals surface area contributed by atoms with Crippen LogP contribution in [0, 0.1) is 0 Å². The molecule has 0 radical (unpaired) electrons. The highest BCUT2D eigenvalue weighted by Gasteiger charge is 2.12. The molecular formula is C20H25ClN4O2. The predicted molar refractivity (Wildman–Crippen MR) is 107 cm³/mol. The van der Waals surface area contributed by atoms with Gasteiger partial charge in [-0.25, -0.2) is 0 Å². The molecule has 2 aromatic carbocycles. The van der Waals surface area contributed by atoms with E-state index >= 15 is 0 Å². The van der Waals surface area contributed by atoms with Gasteiger partial charge in [-0.05, 0) is 29.7 Å². The molecule has 1 aromatic heterocycles. The molecule has 0 aliphatic carbocycles. The van der Waals surface area contributed by atoms with Crippen LogP contribution < -0.4 is 10.5 Å². The number of hydrogen-bond donors (Lipinski definition) is 1. The minimum absolute atomic E-state index is 0. The van der Waals surface area contributed by atoms with Gasteiger partial charge in [0.2, 0.25) is 5.89 Å². The second-order valence-corrected chi connectivity index (χ2v) is 6.10. The molecule has 1 heterocycles. The highest BCUT2D eigenvalue weighted by atomic mass is 35.5. The van der Waals surface area contributed by atoms with Crippen LogP contribution >= 0.6 is 12.4 Å². The van der Waals surface area contributed by atoms with Crippen LogP contribution in [-0.2, 0) is 26.1 Å². The van der Waals surface area contributed by atoms with Gasteiger partial charge in [0, 0.05) is 13.1 Å². The van der Waals surface area contributed by atoms with Gasteiger partial charge in [0.15, 0.2) is 5.82 Å². The van der Waals surface area contributed by atoms with Gasteiger partial charge in [-0.2, -0.15) is 4.98 Å². The molecule has 0 bridgehead atoms. The number of rotatable bonds is 9. The first kappa shape index (κ1) is 20.9. The van der Waals surface area contributed by atoms with Crippen LogP contribution in [0.1, 0.15) is 22.8 Å². The van der Waals surface area contributed by atoms with Gasteiger partial charge in [-0.1, -0.05) is 47.6 Å². The number of hydrogen-bond acceptors (Lipinski definition) is 6. The first-order chi connectivity index (χ1) is 12.8. The molecule has 7 heteroatoms. The van der Waals surface area contributed by atoms with Crippen molar-refractivity contribution >= 4 is 12.4 Å². The molecule has 0 aliphatic rings. The van der Waals surface area contributed by atoms with E-state index in [1.807, 2.05) is 18.2 Å². The topological polar surface area (TPSA) is 77.4 Å². The summed E-state index contributed by atoms with van der Waals surface area (Å²) in [6.07, 6.45) is 0.929. The van der Waals surface area contributed by atoms with E-state index in [2.05, 4.69) is 51.4 Å². The number of aromatic nitrogens is 2. The van der Waals surface area contributed by atoms with E-state index in [9.17, 15) is 0 Å². The molecule has 0 saturated heterocycles. The fourth-order valence-electron chi connectivity index (χ4n) is 2.77. The molecule has 0 unspecified atom stereocenters. The second kappa shape index (κ2) is 10.7. The lowest BCUT2D eigenvalue weighted by molar-refractivity contribution is 0.248. The minimum atomic E-state index is 0. The summed E-state index contributed by atoms with van der Waals surface area (Å²) in [6.45, 7) is 2.59. The lowest BCUT2D eigenvalue weighted by atomic mass is 10.1. The number of benzene rings is 2. The highest BCUT2D eigenvalue weighted by molar-refractivity contribution is 5.85. The molecule has 0 amide bonds. The summed E-state index contributed by atoms with van der Waals surface area (Å²) in [6, 6.07) is 18.6. The molecule has 144 valence electrons. The molecule has 3 aromatic rings. The summed E-state index contributed by atoms with van der Waals surface area (Å²) in [7, 11) is 1.68. The van der Waals surface area contributed by atoms with E-state index in [1.165, 1.54) is 11.1 Å². The molecular weight excluding hydrogens is 364 g/mol. The lowest BCUT2D eigenvalue weighted by Gasteiger charge is -2.21. The van der Waals surface area contributed by atoms with Crippen molar-refractivity contribution in [3.05, 3.63) is 77.4 Å². The summed E-state index contributed by atoms with van der Waals surface area (Å²) in [5, 5.41) is 4.02. The third-order valence-corrected chi connectivity index (χ3v) is 4.17. The van der Waals surface area contributed by atoms with E-state index in [0.29, 0.717) is 18.3 Å². The maximum atomic E-state index is 5.56. The summed E-state index contributed by atoms with van der Waals surface area (Å²) >= 11 is 0. The van der Waals surface area contributed by atoms with Crippen LogP contribution in [0.3, 0.4) is 0 Å². The van der Waals surface area contributed by atoms with Crippen LogP contribution in [0.5, 0.6) is 5.75 Å². The van der Waals surface area contributed by atoms with E-state index in [-0.39, 0.29) is 19.0 Å². The van der Waals surface area contributed by atoms with Crippen LogP contribution in [-0.4, -0.2) is 28.7 Å². The van der Waals surface area contributed by atoms with Crippen molar-refractivity contribution < 1.29 is 9.26 Å². The van der Waals surface area contributed by atoms with Gasteiger partial charge in [-0.15, -0.1) is 12.4 Å². The number of nitrogens with two attached hydrogens (primary N) is 1. The molecule has 2 N–H and O–H groups in total. The van der Waals surface area contributed by atoms with Crippen molar-refractivity contribution in [1.29, 1.82) is 0 Å². The number of ether oxygens (including phenoxy) is 1. The molecule has 0 fully saturated rings. The summed E-state index contributed by atoms with van der Waals surface area (Å²) < 4.78 is 10.3. The monoisotopic (exact) mass is 388 g/mol. The Hall–Kier alpha value is -2.41. The van der Waals surface area contributed by atoms with Crippen LogP contribution in [0.2, 0.25) is 0 Å². The summed E-state index contributed by atoms with van der Waals surface area (Å²) in [5.74, 6) is 2.00. The third-order valence-electron chi connectivity index (χ3n) is 4.17. The average molecular weight is 389 g/mol. The molecule has 3 rings (SSSR count). The fraction of sp³-hybridized carbons (Fsp3) is 0.300. The van der Waals surface area contributed by atoms with E-state index in [1.54, 1.807) is 7.11 Å². The maximum absolute atomic E-state index is 5.56. The molecule has 6 nitrogen and oxygen atoms in total. The van der Waals surface area contributed by atoms with Crippen molar-refractivity contribution in [2.45, 2.75) is 26.1 Å².